The van der Waals surface area contributed by atoms with Gasteiger partial charge in [0.15, 0.2) is 17.9 Å². The van der Waals surface area contributed by atoms with Gasteiger partial charge < -0.3 is 9.64 Å². The number of hydrogen-bond acceptors (Lipinski definition) is 2. The van der Waals surface area contributed by atoms with Crippen molar-refractivity contribution in [1.29, 1.82) is 0 Å². The summed E-state index contributed by atoms with van der Waals surface area (Å²) >= 11 is 0. The van der Waals surface area contributed by atoms with Crippen molar-refractivity contribution in [2.45, 2.75) is 6.23 Å². The fourth-order valence-corrected chi connectivity index (χ4v) is 2.37. The third-order valence-electron chi connectivity index (χ3n) is 3.40. The predicted molar refractivity (Wildman–Crippen MR) is 72.5 cm³/mol. The Morgan fingerprint density at radius 3 is 2.57 bits per heavy atom. The lowest BCUT2D eigenvalue weighted by molar-refractivity contribution is 0.0272. The summed E-state index contributed by atoms with van der Waals surface area (Å²) in [5.41, 5.74) is 0.964. The molecule has 0 radical (unpaired) electrons. The molecule has 1 unspecified atom stereocenters. The van der Waals surface area contributed by atoms with E-state index in [1.165, 1.54) is 11.0 Å². The van der Waals surface area contributed by atoms with Gasteiger partial charge in [0.1, 0.15) is 0 Å². The molecule has 3 nitrogen and oxygen atoms in total. The molecule has 1 heterocycles. The second-order valence-electron chi connectivity index (χ2n) is 4.76. The fraction of sp³-hybridized carbons (Fsp3) is 0.188. The van der Waals surface area contributed by atoms with Gasteiger partial charge in [-0.05, 0) is 18.2 Å². The highest BCUT2D eigenvalue weighted by Gasteiger charge is 2.31. The van der Waals surface area contributed by atoms with Crippen LogP contribution in [0.3, 0.4) is 0 Å². The van der Waals surface area contributed by atoms with Crippen LogP contribution in [-0.4, -0.2) is 24.0 Å². The van der Waals surface area contributed by atoms with Gasteiger partial charge in [-0.25, -0.2) is 8.78 Å². The van der Waals surface area contributed by atoms with E-state index in [4.69, 9.17) is 4.74 Å². The Bertz CT molecular complexity index is 661. The predicted octanol–water partition coefficient (Wildman–Crippen LogP) is 3.14. The molecule has 2 aromatic rings. The van der Waals surface area contributed by atoms with Gasteiger partial charge in [-0.3, -0.25) is 4.79 Å². The van der Waals surface area contributed by atoms with E-state index >= 15 is 0 Å². The summed E-state index contributed by atoms with van der Waals surface area (Å²) in [6.45, 7) is 0.826. The number of rotatable bonds is 2. The van der Waals surface area contributed by atoms with Crippen LogP contribution < -0.4 is 0 Å². The number of amides is 1. The third kappa shape index (κ3) is 2.64. The molecule has 1 aliphatic heterocycles. The molecule has 21 heavy (non-hydrogen) atoms. The van der Waals surface area contributed by atoms with Crippen molar-refractivity contribution in [2.24, 2.45) is 0 Å². The summed E-state index contributed by atoms with van der Waals surface area (Å²) < 4.78 is 31.8. The molecule has 3 rings (SSSR count). The molecule has 5 heteroatoms. The lowest BCUT2D eigenvalue weighted by Gasteiger charge is -2.23. The molecule has 0 saturated carbocycles. The van der Waals surface area contributed by atoms with Crippen molar-refractivity contribution < 1.29 is 18.3 Å². The smallest absolute Gasteiger partial charge is 0.256 e. The molecule has 1 amide bonds. The van der Waals surface area contributed by atoms with Crippen molar-refractivity contribution in [3.8, 4) is 0 Å². The average molecular weight is 289 g/mol. The Morgan fingerprint density at radius 1 is 1.10 bits per heavy atom. The number of carbonyl (C=O) groups is 1. The maximum Gasteiger partial charge on any atom is 0.256 e. The first-order chi connectivity index (χ1) is 10.2. The van der Waals surface area contributed by atoms with Gasteiger partial charge in [0.05, 0.1) is 6.61 Å². The Morgan fingerprint density at radius 2 is 1.86 bits per heavy atom. The number of halogens is 2. The number of nitrogens with zero attached hydrogens (tertiary/aromatic N) is 1. The monoisotopic (exact) mass is 289 g/mol. The van der Waals surface area contributed by atoms with E-state index in [0.29, 0.717) is 13.2 Å². The van der Waals surface area contributed by atoms with Crippen LogP contribution in [0.4, 0.5) is 8.78 Å². The molecule has 0 aliphatic carbocycles. The number of benzene rings is 2. The fourth-order valence-electron chi connectivity index (χ4n) is 2.37. The molecule has 1 aliphatic rings. The minimum absolute atomic E-state index is 0.111. The summed E-state index contributed by atoms with van der Waals surface area (Å²) in [6.07, 6.45) is -0.494. The van der Waals surface area contributed by atoms with Crippen molar-refractivity contribution in [3.63, 3.8) is 0 Å². The van der Waals surface area contributed by atoms with Crippen LogP contribution in [0.15, 0.2) is 48.5 Å². The SMILES string of the molecule is O=C(c1ccc(F)c(F)c1)N1CCOC1c1ccccc1. The maximum absolute atomic E-state index is 13.3. The molecule has 108 valence electrons. The van der Waals surface area contributed by atoms with Crippen LogP contribution in [0.2, 0.25) is 0 Å². The number of carbonyl (C=O) groups excluding carboxylic acids is 1. The normalized spacial score (nSPS) is 18.0. The lowest BCUT2D eigenvalue weighted by Crippen LogP contribution is -2.31. The van der Waals surface area contributed by atoms with E-state index in [2.05, 4.69) is 0 Å². The quantitative estimate of drug-likeness (QED) is 0.850. The maximum atomic E-state index is 13.3. The number of ether oxygens (including phenoxy) is 1. The van der Waals surface area contributed by atoms with E-state index < -0.39 is 17.9 Å². The summed E-state index contributed by atoms with van der Waals surface area (Å²) in [5.74, 6) is -2.37. The van der Waals surface area contributed by atoms with Crippen LogP contribution in [-0.2, 0) is 4.74 Å². The average Bonchev–Trinajstić information content (AvgIpc) is 2.99. The molecular weight excluding hydrogens is 276 g/mol. The van der Waals surface area contributed by atoms with Crippen molar-refractivity contribution in [1.82, 2.24) is 4.90 Å². The van der Waals surface area contributed by atoms with Gasteiger partial charge in [-0.15, -0.1) is 0 Å². The minimum Gasteiger partial charge on any atom is -0.352 e. The minimum atomic E-state index is -1.03. The summed E-state index contributed by atoms with van der Waals surface area (Å²) in [5, 5.41) is 0. The van der Waals surface area contributed by atoms with Crippen LogP contribution in [0.1, 0.15) is 22.1 Å². The highest BCUT2D eigenvalue weighted by atomic mass is 19.2. The first-order valence-electron chi connectivity index (χ1n) is 6.59. The molecule has 0 bridgehead atoms. The number of hydrogen-bond donors (Lipinski definition) is 0. The lowest BCUT2D eigenvalue weighted by atomic mass is 10.1. The van der Waals surface area contributed by atoms with E-state index in [-0.39, 0.29) is 11.5 Å². The van der Waals surface area contributed by atoms with Crippen molar-refractivity contribution in [3.05, 3.63) is 71.3 Å². The van der Waals surface area contributed by atoms with Gasteiger partial charge in [0, 0.05) is 17.7 Å². The first kappa shape index (κ1) is 13.7. The largest absolute Gasteiger partial charge is 0.352 e. The zero-order valence-corrected chi connectivity index (χ0v) is 11.1. The molecule has 0 spiro atoms. The van der Waals surface area contributed by atoms with Crippen molar-refractivity contribution in [2.75, 3.05) is 13.2 Å². The third-order valence-corrected chi connectivity index (χ3v) is 3.40. The van der Waals surface area contributed by atoms with E-state index in [9.17, 15) is 13.6 Å². The summed E-state index contributed by atoms with van der Waals surface area (Å²) in [4.78, 5) is 14.0. The molecule has 0 aromatic heterocycles. The highest BCUT2D eigenvalue weighted by molar-refractivity contribution is 5.94. The van der Waals surface area contributed by atoms with Crippen LogP contribution >= 0.6 is 0 Å². The standard InChI is InChI=1S/C16H13F2NO2/c17-13-7-6-12(10-14(13)18)15(20)19-8-9-21-16(19)11-4-2-1-3-5-11/h1-7,10,16H,8-9H2. The highest BCUT2D eigenvalue weighted by Crippen LogP contribution is 2.28. The van der Waals surface area contributed by atoms with Gasteiger partial charge in [0.2, 0.25) is 0 Å². The second-order valence-corrected chi connectivity index (χ2v) is 4.76. The van der Waals surface area contributed by atoms with Crippen molar-refractivity contribution >= 4 is 5.91 Å². The van der Waals surface area contributed by atoms with Gasteiger partial charge in [-0.1, -0.05) is 30.3 Å². The van der Waals surface area contributed by atoms with Crippen LogP contribution in [0, 0.1) is 11.6 Å². The van der Waals surface area contributed by atoms with Crippen LogP contribution in [0.5, 0.6) is 0 Å². The zero-order chi connectivity index (χ0) is 14.8. The molecule has 1 atom stereocenters. The summed E-state index contributed by atoms with van der Waals surface area (Å²) in [7, 11) is 0. The molecule has 1 fully saturated rings. The Hall–Kier alpha value is -2.27. The van der Waals surface area contributed by atoms with E-state index in [1.54, 1.807) is 0 Å². The molecule has 1 saturated heterocycles. The Balaban J connectivity index is 1.88. The topological polar surface area (TPSA) is 29.5 Å². The molecule has 0 N–H and O–H groups in total. The second kappa shape index (κ2) is 5.61. The van der Waals surface area contributed by atoms with Gasteiger partial charge >= 0.3 is 0 Å². The van der Waals surface area contributed by atoms with E-state index in [0.717, 1.165) is 17.7 Å². The van der Waals surface area contributed by atoms with Gasteiger partial charge in [0.25, 0.3) is 5.91 Å². The van der Waals surface area contributed by atoms with E-state index in [1.807, 2.05) is 30.3 Å². The Kier molecular flexibility index (Phi) is 3.66. The Labute approximate surface area is 120 Å². The molecular formula is C16H13F2NO2. The van der Waals surface area contributed by atoms with Gasteiger partial charge in [-0.2, -0.15) is 0 Å². The molecule has 2 aromatic carbocycles. The summed E-state index contributed by atoms with van der Waals surface area (Å²) in [6, 6.07) is 12.5. The zero-order valence-electron chi connectivity index (χ0n) is 11.1. The first-order valence-corrected chi connectivity index (χ1v) is 6.59. The van der Waals surface area contributed by atoms with Crippen LogP contribution in [0.25, 0.3) is 0 Å².